The highest BCUT2D eigenvalue weighted by Crippen LogP contribution is 2.33. The van der Waals surface area contributed by atoms with Crippen LogP contribution in [0.2, 0.25) is 0 Å². The Morgan fingerprint density at radius 2 is 1.84 bits per heavy atom. The van der Waals surface area contributed by atoms with Crippen molar-refractivity contribution in [2.24, 2.45) is 0 Å². The summed E-state index contributed by atoms with van der Waals surface area (Å²) in [6.45, 7) is 7.10. The fourth-order valence-electron chi connectivity index (χ4n) is 3.98. The van der Waals surface area contributed by atoms with Crippen molar-refractivity contribution in [1.82, 2.24) is 14.7 Å². The van der Waals surface area contributed by atoms with Gasteiger partial charge in [-0.3, -0.25) is 4.90 Å². The second-order valence-electron chi connectivity index (χ2n) is 7.75. The molecule has 2 heterocycles. The van der Waals surface area contributed by atoms with E-state index in [2.05, 4.69) is 4.90 Å². The van der Waals surface area contributed by atoms with Gasteiger partial charge in [0.25, 0.3) is 0 Å². The first-order valence-corrected chi connectivity index (χ1v) is 10.3. The molecule has 1 aromatic rings. The molecule has 3 rings (SSSR count). The Hall–Kier alpha value is -2.52. The normalized spacial score (nSPS) is 20.6. The van der Waals surface area contributed by atoms with Crippen molar-refractivity contribution in [2.75, 3.05) is 39.9 Å². The molecule has 0 amide bonds. The van der Waals surface area contributed by atoms with Gasteiger partial charge in [0.2, 0.25) is 0 Å². The van der Waals surface area contributed by atoms with E-state index in [9.17, 15) is 23.1 Å². The fraction of sp³-hybridized carbons (Fsp3) is 0.500. The maximum absolute atomic E-state index is 13.0. The summed E-state index contributed by atoms with van der Waals surface area (Å²) in [5, 5.41) is 9.92. The monoisotopic (exact) mass is 439 g/mol. The Morgan fingerprint density at radius 3 is 2.35 bits per heavy atom. The van der Waals surface area contributed by atoms with Crippen LogP contribution in [0.15, 0.2) is 47.3 Å². The Balaban J connectivity index is 2.03. The van der Waals surface area contributed by atoms with Crippen LogP contribution in [0.1, 0.15) is 25.0 Å². The van der Waals surface area contributed by atoms with Crippen molar-refractivity contribution in [3.8, 4) is 0 Å². The van der Waals surface area contributed by atoms with Crippen LogP contribution in [0, 0.1) is 0 Å². The number of nitrogens with zero attached hydrogens (tertiary/aromatic N) is 3. The molecule has 0 radical (unpaired) electrons. The second-order valence-corrected chi connectivity index (χ2v) is 7.75. The molecule has 0 saturated carbocycles. The van der Waals surface area contributed by atoms with E-state index in [0.717, 1.165) is 12.1 Å². The molecule has 1 N–H and O–H groups in total. The third kappa shape index (κ3) is 5.04. The molecule has 0 bridgehead atoms. The van der Waals surface area contributed by atoms with Gasteiger partial charge >= 0.3 is 12.1 Å². The number of halogens is 3. The van der Waals surface area contributed by atoms with Gasteiger partial charge < -0.3 is 19.6 Å². The van der Waals surface area contributed by atoms with E-state index in [-0.39, 0.29) is 18.3 Å². The van der Waals surface area contributed by atoms with Crippen molar-refractivity contribution in [1.29, 1.82) is 0 Å². The zero-order valence-corrected chi connectivity index (χ0v) is 17.9. The number of carboxylic acid groups (broad SMARTS) is 1. The van der Waals surface area contributed by atoms with Crippen LogP contribution >= 0.6 is 0 Å². The van der Waals surface area contributed by atoms with Crippen molar-refractivity contribution in [3.05, 3.63) is 58.4 Å². The van der Waals surface area contributed by atoms with Crippen molar-refractivity contribution in [3.63, 3.8) is 0 Å². The first kappa shape index (κ1) is 23.1. The Labute approximate surface area is 180 Å². The topological polar surface area (TPSA) is 56.3 Å². The standard InChI is InChI=1S/C22H28F3N3O3/c1-4-26(3)20-19(21(29)30)15(2)13-18(27-9-11-31-12-10-27)28(20)14-16-5-7-17(8-6-16)22(23,24)25/h5-8,13,18H,4,9-12,14H2,1-3H3,(H,29,30). The number of ether oxygens (including phenoxy) is 1. The molecule has 31 heavy (non-hydrogen) atoms. The molecule has 0 aromatic heterocycles. The van der Waals surface area contributed by atoms with Crippen LogP contribution in [0.5, 0.6) is 0 Å². The smallest absolute Gasteiger partial charge is 0.416 e. The second kappa shape index (κ2) is 9.32. The van der Waals surface area contributed by atoms with Crippen LogP contribution in [0.25, 0.3) is 0 Å². The highest BCUT2D eigenvalue weighted by molar-refractivity contribution is 5.92. The summed E-state index contributed by atoms with van der Waals surface area (Å²) < 4.78 is 44.4. The van der Waals surface area contributed by atoms with Crippen molar-refractivity contribution >= 4 is 5.97 Å². The van der Waals surface area contributed by atoms with Crippen LogP contribution in [-0.2, 0) is 22.3 Å². The molecule has 6 nitrogen and oxygen atoms in total. The van der Waals surface area contributed by atoms with E-state index in [4.69, 9.17) is 4.74 Å². The maximum Gasteiger partial charge on any atom is 0.416 e. The minimum absolute atomic E-state index is 0.209. The summed E-state index contributed by atoms with van der Waals surface area (Å²) in [6.07, 6.45) is -2.70. The summed E-state index contributed by atoms with van der Waals surface area (Å²) in [6, 6.07) is 5.03. The number of alkyl halides is 3. The van der Waals surface area contributed by atoms with Gasteiger partial charge in [-0.25, -0.2) is 4.79 Å². The van der Waals surface area contributed by atoms with Crippen LogP contribution in [-0.4, -0.2) is 71.8 Å². The lowest BCUT2D eigenvalue weighted by atomic mass is 9.99. The Bertz CT molecular complexity index is 859. The SMILES string of the molecule is CCN(C)C1=C(C(=O)O)C(C)=CC(N2CCOCC2)N1Cc1ccc(C(F)(F)F)cc1. The Morgan fingerprint density at radius 1 is 1.23 bits per heavy atom. The van der Waals surface area contributed by atoms with Gasteiger partial charge in [0.15, 0.2) is 0 Å². The van der Waals surface area contributed by atoms with E-state index in [1.165, 1.54) is 12.1 Å². The molecule has 1 atom stereocenters. The first-order chi connectivity index (χ1) is 14.6. The molecule has 2 aliphatic rings. The fourth-order valence-corrected chi connectivity index (χ4v) is 3.98. The zero-order valence-electron chi connectivity index (χ0n) is 17.9. The summed E-state index contributed by atoms with van der Waals surface area (Å²) in [4.78, 5) is 18.2. The molecule has 0 aliphatic carbocycles. The zero-order chi connectivity index (χ0) is 22.8. The van der Waals surface area contributed by atoms with Gasteiger partial charge in [-0.05, 0) is 43.2 Å². The number of carboxylic acids is 1. The highest BCUT2D eigenvalue weighted by atomic mass is 19.4. The van der Waals surface area contributed by atoms with Crippen LogP contribution < -0.4 is 0 Å². The quantitative estimate of drug-likeness (QED) is 0.734. The van der Waals surface area contributed by atoms with Gasteiger partial charge in [0, 0.05) is 33.2 Å². The molecule has 2 aliphatic heterocycles. The maximum atomic E-state index is 13.0. The average molecular weight is 439 g/mol. The summed E-state index contributed by atoms with van der Waals surface area (Å²) in [5.41, 5.74) is 0.845. The third-order valence-electron chi connectivity index (χ3n) is 5.71. The number of benzene rings is 1. The van der Waals surface area contributed by atoms with Crippen LogP contribution in [0.3, 0.4) is 0 Å². The van der Waals surface area contributed by atoms with Gasteiger partial charge in [-0.1, -0.05) is 12.1 Å². The lowest BCUT2D eigenvalue weighted by molar-refractivity contribution is -0.137. The molecule has 9 heteroatoms. The summed E-state index contributed by atoms with van der Waals surface area (Å²) in [5.74, 6) is -0.465. The minimum Gasteiger partial charge on any atom is -0.478 e. The van der Waals surface area contributed by atoms with Gasteiger partial charge in [0.1, 0.15) is 17.6 Å². The van der Waals surface area contributed by atoms with E-state index in [1.807, 2.05) is 29.8 Å². The molecular formula is C22H28F3N3O3. The minimum atomic E-state index is -4.40. The molecule has 170 valence electrons. The van der Waals surface area contributed by atoms with E-state index >= 15 is 0 Å². The number of rotatable bonds is 6. The molecule has 0 spiro atoms. The Kier molecular flexibility index (Phi) is 6.96. The van der Waals surface area contributed by atoms with Crippen LogP contribution in [0.4, 0.5) is 13.2 Å². The van der Waals surface area contributed by atoms with E-state index in [1.54, 1.807) is 6.92 Å². The van der Waals surface area contributed by atoms with Gasteiger partial charge in [-0.2, -0.15) is 13.2 Å². The van der Waals surface area contributed by atoms with Crippen molar-refractivity contribution in [2.45, 2.75) is 32.7 Å². The average Bonchev–Trinajstić information content (AvgIpc) is 2.73. The lowest BCUT2D eigenvalue weighted by Crippen LogP contribution is -2.54. The summed E-state index contributed by atoms with van der Waals surface area (Å²) >= 11 is 0. The summed E-state index contributed by atoms with van der Waals surface area (Å²) in [7, 11) is 1.83. The molecule has 1 aromatic carbocycles. The number of hydrogen-bond donors (Lipinski definition) is 1. The number of morpholine rings is 1. The molecule has 1 fully saturated rings. The molecular weight excluding hydrogens is 411 g/mol. The third-order valence-corrected chi connectivity index (χ3v) is 5.71. The predicted octanol–water partition coefficient (Wildman–Crippen LogP) is 3.37. The lowest BCUT2D eigenvalue weighted by Gasteiger charge is -2.47. The first-order valence-electron chi connectivity index (χ1n) is 10.3. The van der Waals surface area contributed by atoms with Gasteiger partial charge in [0.05, 0.1) is 18.8 Å². The number of carbonyl (C=O) groups is 1. The van der Waals surface area contributed by atoms with Crippen molar-refractivity contribution < 1.29 is 27.8 Å². The van der Waals surface area contributed by atoms with E-state index < -0.39 is 17.7 Å². The number of hydrogen-bond acceptors (Lipinski definition) is 5. The van der Waals surface area contributed by atoms with Gasteiger partial charge in [-0.15, -0.1) is 0 Å². The molecule has 1 unspecified atom stereocenters. The van der Waals surface area contributed by atoms with E-state index in [0.29, 0.717) is 49.8 Å². The molecule has 1 saturated heterocycles. The highest BCUT2D eigenvalue weighted by Gasteiger charge is 2.36. The number of aliphatic carboxylic acids is 1. The predicted molar refractivity (Wildman–Crippen MR) is 110 cm³/mol. The largest absolute Gasteiger partial charge is 0.478 e.